The van der Waals surface area contributed by atoms with Gasteiger partial charge in [-0.05, 0) is 25.3 Å². The molecule has 1 saturated carbocycles. The van der Waals surface area contributed by atoms with E-state index in [1.807, 2.05) is 0 Å². The summed E-state index contributed by atoms with van der Waals surface area (Å²) in [5.74, 6) is -3.62. The van der Waals surface area contributed by atoms with Crippen LogP contribution in [0.5, 0.6) is 0 Å². The van der Waals surface area contributed by atoms with Crippen LogP contribution in [0.4, 0.5) is 0 Å². The van der Waals surface area contributed by atoms with Crippen LogP contribution < -0.4 is 0 Å². The second-order valence-corrected chi connectivity index (χ2v) is 10.5. The van der Waals surface area contributed by atoms with Gasteiger partial charge in [0.25, 0.3) is 0 Å². The van der Waals surface area contributed by atoms with Crippen LogP contribution >= 0.6 is 11.6 Å². The van der Waals surface area contributed by atoms with Crippen molar-refractivity contribution in [3.05, 3.63) is 24.3 Å². The number of halogens is 1. The molecule has 34 heavy (non-hydrogen) atoms. The Hall–Kier alpha value is -1.94. The predicted octanol–water partition coefficient (Wildman–Crippen LogP) is 1.42. The Labute approximate surface area is 203 Å². The Morgan fingerprint density at radius 3 is 2.38 bits per heavy atom. The van der Waals surface area contributed by atoms with Gasteiger partial charge in [-0.2, -0.15) is 0 Å². The lowest BCUT2D eigenvalue weighted by molar-refractivity contribution is -0.290. The van der Waals surface area contributed by atoms with Gasteiger partial charge in [0.15, 0.2) is 11.7 Å². The van der Waals surface area contributed by atoms with Gasteiger partial charge in [-0.15, -0.1) is 11.6 Å². The van der Waals surface area contributed by atoms with Crippen molar-refractivity contribution >= 4 is 29.5 Å². The maximum atomic E-state index is 12.9. The molecular weight excluding hydrogens is 468 g/mol. The van der Waals surface area contributed by atoms with Crippen molar-refractivity contribution in [2.75, 3.05) is 0 Å². The molecule has 4 rings (SSSR count). The van der Waals surface area contributed by atoms with E-state index < -0.39 is 82.8 Å². The number of hydrogen-bond acceptors (Lipinski definition) is 9. The molecule has 4 fully saturated rings. The molecule has 0 aromatic carbocycles. The smallest absolute Gasteiger partial charge is 0.312 e. The van der Waals surface area contributed by atoms with Crippen molar-refractivity contribution in [1.82, 2.24) is 0 Å². The van der Waals surface area contributed by atoms with E-state index in [2.05, 4.69) is 13.2 Å². The maximum Gasteiger partial charge on any atom is 0.312 e. The SMILES string of the molecule is C=C1CC[C@H](OC(C)=O)[C@@]2(C)[C@H]1[C@H](OC(C)=O)[C@@]13O[C@H](C(=C)[C@H](Cl)[C@@H]1OC(=O)C3C)[C@@H](O)[C@@H]2O. The minimum Gasteiger partial charge on any atom is -0.462 e. The summed E-state index contributed by atoms with van der Waals surface area (Å²) in [5.41, 5.74) is -2.14. The van der Waals surface area contributed by atoms with Gasteiger partial charge in [-0.1, -0.05) is 25.7 Å². The van der Waals surface area contributed by atoms with Crippen LogP contribution in [-0.4, -0.2) is 75.7 Å². The molecule has 1 spiro atoms. The first-order chi connectivity index (χ1) is 15.8. The predicted molar refractivity (Wildman–Crippen MR) is 119 cm³/mol. The normalized spacial score (nSPS) is 48.1. The highest BCUT2D eigenvalue weighted by molar-refractivity contribution is 6.23. The summed E-state index contributed by atoms with van der Waals surface area (Å²) in [6.45, 7) is 13.9. The number of rotatable bonds is 2. The highest BCUT2D eigenvalue weighted by Crippen LogP contribution is 2.60. The van der Waals surface area contributed by atoms with Crippen LogP contribution in [0, 0.1) is 17.3 Å². The van der Waals surface area contributed by atoms with Crippen LogP contribution in [0.15, 0.2) is 24.3 Å². The number of hydrogen-bond donors (Lipinski definition) is 2. The van der Waals surface area contributed by atoms with Gasteiger partial charge >= 0.3 is 17.9 Å². The van der Waals surface area contributed by atoms with Gasteiger partial charge in [-0.25, -0.2) is 0 Å². The average molecular weight is 499 g/mol. The van der Waals surface area contributed by atoms with Crippen molar-refractivity contribution in [2.24, 2.45) is 17.3 Å². The van der Waals surface area contributed by atoms with E-state index in [0.29, 0.717) is 18.4 Å². The Morgan fingerprint density at radius 1 is 1.18 bits per heavy atom. The number of aliphatic hydroxyl groups excluding tert-OH is 2. The van der Waals surface area contributed by atoms with Crippen LogP contribution in [0.1, 0.15) is 40.5 Å². The molecular formula is C24H31ClO9. The van der Waals surface area contributed by atoms with E-state index >= 15 is 0 Å². The summed E-state index contributed by atoms with van der Waals surface area (Å²) in [4.78, 5) is 37.2. The summed E-state index contributed by atoms with van der Waals surface area (Å²) in [6.07, 6.45) is -6.62. The van der Waals surface area contributed by atoms with Crippen LogP contribution in [0.3, 0.4) is 0 Å². The molecule has 0 amide bonds. The second kappa shape index (κ2) is 8.33. The third-order valence-corrected chi connectivity index (χ3v) is 8.69. The molecule has 2 N–H and O–H groups in total. The van der Waals surface area contributed by atoms with E-state index in [4.69, 9.17) is 30.5 Å². The zero-order valence-corrected chi connectivity index (χ0v) is 20.4. The van der Waals surface area contributed by atoms with Gasteiger partial charge in [0.05, 0.1) is 17.4 Å². The van der Waals surface area contributed by atoms with Crippen molar-refractivity contribution < 1.29 is 43.5 Å². The molecule has 11 atom stereocenters. The topological polar surface area (TPSA) is 129 Å². The Kier molecular flexibility index (Phi) is 6.16. The molecule has 2 bridgehead atoms. The van der Waals surface area contributed by atoms with Crippen molar-refractivity contribution in [1.29, 1.82) is 0 Å². The molecule has 10 heteroatoms. The molecule has 0 aromatic rings. The summed E-state index contributed by atoms with van der Waals surface area (Å²) in [6, 6.07) is 0. The number of fused-ring (bicyclic) bond motifs is 2. The van der Waals surface area contributed by atoms with Crippen molar-refractivity contribution in [3.8, 4) is 0 Å². The van der Waals surface area contributed by atoms with E-state index in [1.165, 1.54) is 13.8 Å². The molecule has 0 radical (unpaired) electrons. The fourth-order valence-corrected chi connectivity index (χ4v) is 6.85. The average Bonchev–Trinajstić information content (AvgIpc) is 3.01. The lowest BCUT2D eigenvalue weighted by Gasteiger charge is -2.61. The van der Waals surface area contributed by atoms with E-state index in [0.717, 1.165) is 0 Å². The molecule has 188 valence electrons. The van der Waals surface area contributed by atoms with Crippen LogP contribution in [0.25, 0.3) is 0 Å². The maximum absolute atomic E-state index is 12.9. The largest absolute Gasteiger partial charge is 0.462 e. The fraction of sp³-hybridized carbons (Fsp3) is 0.708. The van der Waals surface area contributed by atoms with Gasteiger partial charge in [0.1, 0.15) is 24.4 Å². The van der Waals surface area contributed by atoms with E-state index in [1.54, 1.807) is 13.8 Å². The minimum absolute atomic E-state index is 0.220. The molecule has 3 heterocycles. The number of ether oxygens (including phenoxy) is 4. The fourth-order valence-electron chi connectivity index (χ4n) is 6.48. The molecule has 3 aliphatic heterocycles. The lowest BCUT2D eigenvalue weighted by Crippen LogP contribution is -2.74. The van der Waals surface area contributed by atoms with Crippen molar-refractivity contribution in [3.63, 3.8) is 0 Å². The third kappa shape index (κ3) is 3.27. The van der Waals surface area contributed by atoms with Crippen LogP contribution in [0.2, 0.25) is 0 Å². The lowest BCUT2D eigenvalue weighted by atomic mass is 9.53. The molecule has 9 nitrogen and oxygen atoms in total. The zero-order valence-electron chi connectivity index (χ0n) is 19.7. The first-order valence-electron chi connectivity index (χ1n) is 11.4. The highest BCUT2D eigenvalue weighted by atomic mass is 35.5. The number of esters is 3. The monoisotopic (exact) mass is 498 g/mol. The Bertz CT molecular complexity index is 949. The van der Waals surface area contributed by atoms with Gasteiger partial charge in [-0.3, -0.25) is 14.4 Å². The minimum atomic E-state index is -1.60. The molecule has 1 aliphatic carbocycles. The van der Waals surface area contributed by atoms with E-state index in [-0.39, 0.29) is 5.57 Å². The summed E-state index contributed by atoms with van der Waals surface area (Å²) < 4.78 is 23.5. The van der Waals surface area contributed by atoms with Gasteiger partial charge < -0.3 is 29.2 Å². The highest BCUT2D eigenvalue weighted by Gasteiger charge is 2.74. The molecule has 0 aromatic heterocycles. The molecule has 1 unspecified atom stereocenters. The Balaban J connectivity index is 2.01. The number of alkyl halides is 1. The number of carbonyl (C=O) groups excluding carboxylic acids is 3. The van der Waals surface area contributed by atoms with Crippen molar-refractivity contribution in [2.45, 2.75) is 88.1 Å². The quantitative estimate of drug-likeness (QED) is 0.251. The number of carbonyl (C=O) groups is 3. The first kappa shape index (κ1) is 25.2. The van der Waals surface area contributed by atoms with E-state index in [9.17, 15) is 24.6 Å². The third-order valence-electron chi connectivity index (χ3n) is 8.19. The summed E-state index contributed by atoms with van der Waals surface area (Å²) in [5, 5.41) is 22.0. The summed E-state index contributed by atoms with van der Waals surface area (Å²) in [7, 11) is 0. The zero-order chi connectivity index (χ0) is 25.3. The van der Waals surface area contributed by atoms with Crippen LogP contribution in [-0.2, 0) is 33.3 Å². The molecule has 3 saturated heterocycles. The molecule has 4 aliphatic rings. The number of aliphatic hydroxyl groups is 2. The Morgan fingerprint density at radius 2 is 1.79 bits per heavy atom. The summed E-state index contributed by atoms with van der Waals surface area (Å²) >= 11 is 6.70. The van der Waals surface area contributed by atoms with Gasteiger partial charge in [0.2, 0.25) is 0 Å². The first-order valence-corrected chi connectivity index (χ1v) is 11.8. The standard InChI is InChI=1S/C24H31ClO9/c1-9-7-8-14(31-12(4)26)23(6)15(9)20(32-13(5)27)24-11(3)22(30)33-21(24)16(25)10(2)18(34-24)17(28)19(23)29/h11,14-21,28-29H,1-2,7-8H2,3-6H3/t11?,14-,15+,16-,17+,18+,19-,20-,21-,23-,24+/m0/s1. The second-order valence-electron chi connectivity index (χ2n) is 10.1. The van der Waals surface area contributed by atoms with Gasteiger partial charge in [0, 0.05) is 25.2 Å².